The lowest BCUT2D eigenvalue weighted by molar-refractivity contribution is -0.123. The van der Waals surface area contributed by atoms with Crippen molar-refractivity contribution in [1.29, 1.82) is 0 Å². The van der Waals surface area contributed by atoms with Crippen molar-refractivity contribution in [3.8, 4) is 23.7 Å². The van der Waals surface area contributed by atoms with Crippen LogP contribution in [0, 0.1) is 41.4 Å². The molecule has 0 aliphatic heterocycles. The van der Waals surface area contributed by atoms with Crippen molar-refractivity contribution in [3.05, 3.63) is 65.2 Å². The summed E-state index contributed by atoms with van der Waals surface area (Å²) in [5.74, 6) is 13.1. The monoisotopic (exact) mass is 511 g/mol. The topological polar surface area (TPSA) is 122 Å². The maximum Gasteiger partial charge on any atom is 0.251 e. The van der Waals surface area contributed by atoms with Crippen LogP contribution in [0.5, 0.6) is 0 Å². The minimum Gasteiger partial charge on any atom is -0.388 e. The van der Waals surface area contributed by atoms with Crippen molar-refractivity contribution in [1.82, 2.24) is 5.32 Å². The highest BCUT2D eigenvalue weighted by atomic mass is 16.3. The minimum absolute atomic E-state index is 0.0684. The van der Waals surface area contributed by atoms with Gasteiger partial charge in [0.1, 0.15) is 12.6 Å². The molecule has 0 spiro atoms. The van der Waals surface area contributed by atoms with Gasteiger partial charge in [0, 0.05) is 35.3 Å². The first-order valence-electron chi connectivity index (χ1n) is 13.1. The molecule has 2 saturated carbocycles. The lowest BCUT2D eigenvalue weighted by Gasteiger charge is -2.21. The van der Waals surface area contributed by atoms with Crippen molar-refractivity contribution in [2.45, 2.75) is 44.6 Å². The van der Waals surface area contributed by atoms with Gasteiger partial charge in [0.05, 0.1) is 0 Å². The molecule has 0 aromatic heterocycles. The highest BCUT2D eigenvalue weighted by molar-refractivity contribution is 5.98. The van der Waals surface area contributed by atoms with Crippen LogP contribution in [0.3, 0.4) is 0 Å². The van der Waals surface area contributed by atoms with Gasteiger partial charge >= 0.3 is 0 Å². The molecule has 0 saturated heterocycles. The van der Waals surface area contributed by atoms with E-state index in [0.717, 1.165) is 35.4 Å². The first-order valence-corrected chi connectivity index (χ1v) is 13.1. The van der Waals surface area contributed by atoms with Gasteiger partial charge in [0.2, 0.25) is 5.91 Å². The number of aliphatic hydroxyl groups excluding tert-OH is 1. The van der Waals surface area contributed by atoms with Crippen LogP contribution in [0.1, 0.15) is 60.0 Å². The van der Waals surface area contributed by atoms with Crippen molar-refractivity contribution < 1.29 is 19.5 Å². The molecule has 2 bridgehead atoms. The predicted octanol–water partition coefficient (Wildman–Crippen LogP) is 2.86. The number of carbonyl (C=O) groups excluding carboxylic acids is 3. The quantitative estimate of drug-likeness (QED) is 0.386. The Labute approximate surface area is 223 Å². The van der Waals surface area contributed by atoms with Crippen LogP contribution in [0.2, 0.25) is 0 Å². The first kappa shape index (κ1) is 27.1. The van der Waals surface area contributed by atoms with E-state index in [4.69, 9.17) is 10.8 Å². The van der Waals surface area contributed by atoms with Gasteiger partial charge in [-0.3, -0.25) is 14.4 Å². The number of ketones is 1. The van der Waals surface area contributed by atoms with Crippen LogP contribution in [0.15, 0.2) is 48.5 Å². The van der Waals surface area contributed by atoms with Crippen LogP contribution in [-0.2, 0) is 9.59 Å². The highest BCUT2D eigenvalue weighted by Gasteiger charge is 2.39. The van der Waals surface area contributed by atoms with Crippen LogP contribution in [0.4, 0.5) is 5.69 Å². The normalized spacial score (nSPS) is 19.9. The molecular formula is C31H33N3O4. The molecular weight excluding hydrogens is 478 g/mol. The summed E-state index contributed by atoms with van der Waals surface area (Å²) >= 11 is 0. The molecule has 5 N–H and O–H groups in total. The average molecular weight is 512 g/mol. The van der Waals surface area contributed by atoms with Crippen LogP contribution < -0.4 is 16.4 Å². The van der Waals surface area contributed by atoms with E-state index in [-0.39, 0.29) is 12.5 Å². The number of benzene rings is 2. The SMILES string of the molecule is NC[C@H](NC(=O)c1ccc(C#CC#Cc2ccc(NC(=O)CC[C@@H]3C[C@H]4CC[C@@H]3C4)cc2)cc1)C(=O)CO. The summed E-state index contributed by atoms with van der Waals surface area (Å²) in [6.45, 7) is -0.773. The Kier molecular flexibility index (Phi) is 9.32. The van der Waals surface area contributed by atoms with Crippen LogP contribution >= 0.6 is 0 Å². The number of aliphatic hydroxyl groups is 1. The van der Waals surface area contributed by atoms with Gasteiger partial charge in [-0.15, -0.1) is 0 Å². The largest absolute Gasteiger partial charge is 0.388 e. The third-order valence-electron chi connectivity index (χ3n) is 7.50. The maximum absolute atomic E-state index is 12.4. The molecule has 4 atom stereocenters. The molecule has 2 amide bonds. The summed E-state index contributed by atoms with van der Waals surface area (Å²) < 4.78 is 0. The molecule has 196 valence electrons. The van der Waals surface area contributed by atoms with E-state index in [1.807, 2.05) is 24.3 Å². The third-order valence-corrected chi connectivity index (χ3v) is 7.50. The van der Waals surface area contributed by atoms with Crippen molar-refractivity contribution in [2.75, 3.05) is 18.5 Å². The fourth-order valence-electron chi connectivity index (χ4n) is 5.44. The Bertz CT molecular complexity index is 1280. The summed E-state index contributed by atoms with van der Waals surface area (Å²) in [6.07, 6.45) is 6.98. The molecule has 4 rings (SSSR count). The Hall–Kier alpha value is -3.91. The molecule has 2 aliphatic rings. The number of Topliss-reactive ketones (excluding diaryl/α,β-unsaturated/α-hetero) is 1. The molecule has 0 heterocycles. The second-order valence-electron chi connectivity index (χ2n) is 10.1. The predicted molar refractivity (Wildman–Crippen MR) is 146 cm³/mol. The summed E-state index contributed by atoms with van der Waals surface area (Å²) in [7, 11) is 0. The second-order valence-corrected chi connectivity index (χ2v) is 10.1. The minimum atomic E-state index is -0.927. The molecule has 2 aromatic carbocycles. The zero-order valence-corrected chi connectivity index (χ0v) is 21.3. The molecule has 2 aliphatic carbocycles. The lowest BCUT2D eigenvalue weighted by atomic mass is 9.85. The number of nitrogens with one attached hydrogen (secondary N) is 2. The van der Waals surface area contributed by atoms with Gasteiger partial charge in [-0.2, -0.15) is 0 Å². The Morgan fingerprint density at radius 2 is 1.61 bits per heavy atom. The van der Waals surface area contributed by atoms with Gasteiger partial charge < -0.3 is 21.5 Å². The summed E-state index contributed by atoms with van der Waals surface area (Å²) in [4.78, 5) is 36.2. The average Bonchev–Trinajstić information content (AvgIpc) is 3.57. The number of hydrogen-bond acceptors (Lipinski definition) is 5. The molecule has 38 heavy (non-hydrogen) atoms. The highest BCUT2D eigenvalue weighted by Crippen LogP contribution is 2.49. The molecule has 7 nitrogen and oxygen atoms in total. The molecule has 7 heteroatoms. The maximum atomic E-state index is 12.4. The van der Waals surface area contributed by atoms with Crippen LogP contribution in [-0.4, -0.2) is 41.9 Å². The Morgan fingerprint density at radius 3 is 2.16 bits per heavy atom. The molecule has 2 fully saturated rings. The van der Waals surface area contributed by atoms with Crippen molar-refractivity contribution in [3.63, 3.8) is 0 Å². The zero-order chi connectivity index (χ0) is 26.9. The number of amides is 2. The standard InChI is InChI=1S/C31H33N3O4/c32-19-28(29(36)20-35)34-31(38)24-10-5-21(6-11-24)3-1-2-4-22-8-14-27(15-9-22)33-30(37)16-13-26-18-23-7-12-25(26)17-23/h5-6,8-11,14-15,23,25-26,28,35H,7,12-13,16-20,32H2,(H,33,37)(H,34,38)/t23-,25+,26+,28-/m0/s1. The summed E-state index contributed by atoms with van der Waals surface area (Å²) in [5, 5.41) is 14.4. The summed E-state index contributed by atoms with van der Waals surface area (Å²) in [6, 6.07) is 13.0. The number of hydrogen-bond donors (Lipinski definition) is 4. The van der Waals surface area contributed by atoms with Gasteiger partial charge in [-0.25, -0.2) is 0 Å². The van der Waals surface area contributed by atoms with Gasteiger partial charge in [-0.05, 0) is 104 Å². The van der Waals surface area contributed by atoms with E-state index in [1.54, 1.807) is 24.3 Å². The van der Waals surface area contributed by atoms with E-state index in [2.05, 4.69) is 34.3 Å². The van der Waals surface area contributed by atoms with E-state index >= 15 is 0 Å². The Balaban J connectivity index is 1.23. The fourth-order valence-corrected chi connectivity index (χ4v) is 5.44. The number of rotatable bonds is 9. The fraction of sp³-hybridized carbons (Fsp3) is 0.387. The number of fused-ring (bicyclic) bond motifs is 2. The van der Waals surface area contributed by atoms with Gasteiger partial charge in [0.15, 0.2) is 5.78 Å². The van der Waals surface area contributed by atoms with E-state index in [1.165, 1.54) is 25.7 Å². The lowest BCUT2D eigenvalue weighted by Crippen LogP contribution is -2.46. The van der Waals surface area contributed by atoms with E-state index in [0.29, 0.717) is 17.5 Å². The van der Waals surface area contributed by atoms with Crippen LogP contribution in [0.25, 0.3) is 0 Å². The summed E-state index contributed by atoms with van der Waals surface area (Å²) in [5.41, 5.74) is 8.07. The van der Waals surface area contributed by atoms with Gasteiger partial charge in [-0.1, -0.05) is 18.3 Å². The van der Waals surface area contributed by atoms with Crippen molar-refractivity contribution in [2.24, 2.45) is 23.5 Å². The van der Waals surface area contributed by atoms with Crippen molar-refractivity contribution >= 4 is 23.3 Å². The molecule has 0 radical (unpaired) electrons. The number of nitrogens with two attached hydrogens (primary N) is 1. The van der Waals surface area contributed by atoms with Gasteiger partial charge in [0.25, 0.3) is 5.91 Å². The second kappa shape index (κ2) is 13.1. The third kappa shape index (κ3) is 7.32. The molecule has 0 unspecified atom stereocenters. The Morgan fingerprint density at radius 1 is 0.947 bits per heavy atom. The van der Waals surface area contributed by atoms with E-state index in [9.17, 15) is 14.4 Å². The first-order chi connectivity index (χ1) is 18.4. The number of carbonyl (C=O) groups is 3. The zero-order valence-electron chi connectivity index (χ0n) is 21.3. The van der Waals surface area contributed by atoms with E-state index < -0.39 is 24.3 Å². The number of anilines is 1. The smallest absolute Gasteiger partial charge is 0.251 e. The molecule has 2 aromatic rings.